The summed E-state index contributed by atoms with van der Waals surface area (Å²) in [5.41, 5.74) is 6.09. The van der Waals surface area contributed by atoms with Crippen LogP contribution in [0.15, 0.2) is 18.2 Å². The molecule has 0 saturated heterocycles. The van der Waals surface area contributed by atoms with Crippen molar-refractivity contribution in [2.24, 2.45) is 5.73 Å². The molecule has 5 N–H and O–H groups in total. The quantitative estimate of drug-likeness (QED) is 0.415. The molecule has 0 aliphatic heterocycles. The number of methoxy groups -OCH3 is 1. The van der Waals surface area contributed by atoms with E-state index in [9.17, 15) is 4.79 Å². The Kier molecular flexibility index (Phi) is 8.27. The van der Waals surface area contributed by atoms with Gasteiger partial charge < -0.3 is 30.9 Å². The minimum Gasteiger partial charge on any atom is -0.493 e. The lowest BCUT2D eigenvalue weighted by Gasteiger charge is -2.12. The molecule has 0 radical (unpaired) electrons. The van der Waals surface area contributed by atoms with E-state index in [0.29, 0.717) is 24.6 Å². The van der Waals surface area contributed by atoms with Gasteiger partial charge in [-0.25, -0.2) is 0 Å². The van der Waals surface area contributed by atoms with Crippen LogP contribution in [0.25, 0.3) is 0 Å². The summed E-state index contributed by atoms with van der Waals surface area (Å²) >= 11 is 0. The fourth-order valence-corrected chi connectivity index (χ4v) is 1.81. The van der Waals surface area contributed by atoms with Crippen molar-refractivity contribution in [2.45, 2.75) is 19.6 Å². The van der Waals surface area contributed by atoms with E-state index in [0.717, 1.165) is 18.7 Å². The molecule has 1 atom stereocenters. The molecule has 0 aliphatic rings. The van der Waals surface area contributed by atoms with Crippen molar-refractivity contribution in [1.29, 1.82) is 0 Å². The molecule has 1 amide bonds. The summed E-state index contributed by atoms with van der Waals surface area (Å²) in [5, 5.41) is 15.5. The van der Waals surface area contributed by atoms with E-state index in [1.807, 2.05) is 12.1 Å². The number of carbonyl (C=O) groups excluding carboxylic acids is 1. The minimum absolute atomic E-state index is 0.178. The normalized spacial score (nSPS) is 12.0. The molecular formula is C15H25N3O4. The van der Waals surface area contributed by atoms with Gasteiger partial charge in [0.2, 0.25) is 0 Å². The van der Waals surface area contributed by atoms with Crippen molar-refractivity contribution in [3.63, 3.8) is 0 Å². The molecule has 0 aromatic heterocycles. The van der Waals surface area contributed by atoms with Gasteiger partial charge in [0, 0.05) is 26.2 Å². The van der Waals surface area contributed by atoms with E-state index in [4.69, 9.17) is 20.3 Å². The smallest absolute Gasteiger partial charge is 0.255 e. The van der Waals surface area contributed by atoms with Crippen molar-refractivity contribution in [3.05, 3.63) is 23.8 Å². The number of primary amides is 1. The molecule has 124 valence electrons. The van der Waals surface area contributed by atoms with Gasteiger partial charge in [0.25, 0.3) is 5.91 Å². The van der Waals surface area contributed by atoms with Gasteiger partial charge in [0.05, 0.1) is 13.2 Å². The zero-order chi connectivity index (χ0) is 16.4. The third kappa shape index (κ3) is 7.26. The van der Waals surface area contributed by atoms with Crippen LogP contribution in [0.4, 0.5) is 0 Å². The average Bonchev–Trinajstić information content (AvgIpc) is 2.48. The Morgan fingerprint density at radius 1 is 1.32 bits per heavy atom. The highest BCUT2D eigenvalue weighted by atomic mass is 16.5. The van der Waals surface area contributed by atoms with Gasteiger partial charge in [-0.3, -0.25) is 4.79 Å². The van der Waals surface area contributed by atoms with Crippen molar-refractivity contribution in [1.82, 2.24) is 10.6 Å². The first-order valence-electron chi connectivity index (χ1n) is 7.20. The van der Waals surface area contributed by atoms with Crippen LogP contribution in [-0.4, -0.2) is 50.5 Å². The van der Waals surface area contributed by atoms with Crippen molar-refractivity contribution in [3.8, 4) is 11.5 Å². The molecule has 0 aliphatic carbocycles. The van der Waals surface area contributed by atoms with Crippen LogP contribution in [0.3, 0.4) is 0 Å². The zero-order valence-electron chi connectivity index (χ0n) is 13.1. The number of amides is 1. The van der Waals surface area contributed by atoms with Crippen LogP contribution < -0.4 is 25.8 Å². The molecule has 7 nitrogen and oxygen atoms in total. The predicted molar refractivity (Wildman–Crippen MR) is 83.9 cm³/mol. The highest BCUT2D eigenvalue weighted by Crippen LogP contribution is 2.27. The number of carbonyl (C=O) groups is 1. The number of aliphatic hydroxyl groups is 1. The van der Waals surface area contributed by atoms with Crippen LogP contribution >= 0.6 is 0 Å². The number of hydrogen-bond acceptors (Lipinski definition) is 6. The summed E-state index contributed by atoms with van der Waals surface area (Å²) in [7, 11) is 1.55. The van der Waals surface area contributed by atoms with E-state index in [-0.39, 0.29) is 12.7 Å². The molecule has 1 aromatic carbocycles. The first-order chi connectivity index (χ1) is 10.5. The van der Waals surface area contributed by atoms with Gasteiger partial charge in [-0.2, -0.15) is 0 Å². The van der Waals surface area contributed by atoms with Crippen molar-refractivity contribution in [2.75, 3.05) is 33.4 Å². The first kappa shape index (κ1) is 18.2. The second kappa shape index (κ2) is 9.99. The van der Waals surface area contributed by atoms with Crippen LogP contribution in [0.1, 0.15) is 12.5 Å². The third-order valence-corrected chi connectivity index (χ3v) is 2.85. The molecule has 22 heavy (non-hydrogen) atoms. The molecule has 1 rings (SSSR count). The largest absolute Gasteiger partial charge is 0.493 e. The molecule has 0 heterocycles. The maximum Gasteiger partial charge on any atom is 0.255 e. The Bertz CT molecular complexity index is 466. The van der Waals surface area contributed by atoms with Gasteiger partial charge in [-0.05, 0) is 24.6 Å². The first-order valence-corrected chi connectivity index (χ1v) is 7.20. The van der Waals surface area contributed by atoms with Gasteiger partial charge in [-0.1, -0.05) is 6.07 Å². The summed E-state index contributed by atoms with van der Waals surface area (Å²) in [6.07, 6.45) is -0.336. The Morgan fingerprint density at radius 3 is 2.68 bits per heavy atom. The molecular weight excluding hydrogens is 286 g/mol. The third-order valence-electron chi connectivity index (χ3n) is 2.85. The lowest BCUT2D eigenvalue weighted by Crippen LogP contribution is -2.31. The number of aliphatic hydroxyl groups excluding tert-OH is 1. The second-order valence-corrected chi connectivity index (χ2v) is 4.97. The van der Waals surface area contributed by atoms with Crippen molar-refractivity contribution >= 4 is 5.91 Å². The SMILES string of the molecule is COc1cc(CNCCNC[C@@H](C)O)ccc1OCC(N)=O. The number of nitrogens with two attached hydrogens (primary N) is 1. The molecule has 0 fully saturated rings. The number of benzene rings is 1. The van der Waals surface area contributed by atoms with E-state index in [2.05, 4.69) is 10.6 Å². The summed E-state index contributed by atoms with van der Waals surface area (Å²) in [4.78, 5) is 10.7. The Labute approximate surface area is 130 Å². The predicted octanol–water partition coefficient (Wildman–Crippen LogP) is -0.381. The molecule has 1 aromatic rings. The van der Waals surface area contributed by atoms with E-state index in [1.165, 1.54) is 0 Å². The van der Waals surface area contributed by atoms with E-state index < -0.39 is 5.91 Å². The number of hydrogen-bond donors (Lipinski definition) is 4. The highest BCUT2D eigenvalue weighted by molar-refractivity contribution is 5.75. The van der Waals surface area contributed by atoms with Gasteiger partial charge >= 0.3 is 0 Å². The van der Waals surface area contributed by atoms with E-state index >= 15 is 0 Å². The number of ether oxygens (including phenoxy) is 2. The monoisotopic (exact) mass is 311 g/mol. The zero-order valence-corrected chi connectivity index (χ0v) is 13.1. The maximum atomic E-state index is 10.7. The summed E-state index contributed by atoms with van der Waals surface area (Å²) in [6, 6.07) is 5.51. The fraction of sp³-hybridized carbons (Fsp3) is 0.533. The molecule has 0 bridgehead atoms. The van der Waals surface area contributed by atoms with Gasteiger partial charge in [0.15, 0.2) is 18.1 Å². The second-order valence-electron chi connectivity index (χ2n) is 4.97. The molecule has 0 unspecified atom stereocenters. The van der Waals surface area contributed by atoms with Crippen LogP contribution in [0.2, 0.25) is 0 Å². The maximum absolute atomic E-state index is 10.7. The Morgan fingerprint density at radius 2 is 2.05 bits per heavy atom. The van der Waals surface area contributed by atoms with Crippen LogP contribution in [0.5, 0.6) is 11.5 Å². The summed E-state index contributed by atoms with van der Waals surface area (Å²) in [5.74, 6) is 0.522. The molecule has 0 spiro atoms. The van der Waals surface area contributed by atoms with Crippen LogP contribution in [0, 0.1) is 0 Å². The minimum atomic E-state index is -0.530. The fourth-order valence-electron chi connectivity index (χ4n) is 1.81. The average molecular weight is 311 g/mol. The number of nitrogens with one attached hydrogen (secondary N) is 2. The summed E-state index contributed by atoms with van der Waals surface area (Å²) in [6.45, 7) is 4.40. The van der Waals surface area contributed by atoms with Gasteiger partial charge in [0.1, 0.15) is 0 Å². The lowest BCUT2D eigenvalue weighted by atomic mass is 10.2. The number of rotatable bonds is 11. The standard InChI is InChI=1S/C15H25N3O4/c1-11(19)8-17-5-6-18-9-12-3-4-13(14(7-12)21-2)22-10-15(16)20/h3-4,7,11,17-19H,5-6,8-10H2,1-2H3,(H2,16,20)/t11-/m1/s1. The summed E-state index contributed by atoms with van der Waals surface area (Å²) < 4.78 is 10.5. The van der Waals surface area contributed by atoms with Crippen LogP contribution in [-0.2, 0) is 11.3 Å². The Balaban J connectivity index is 2.39. The molecule has 0 saturated carbocycles. The topological polar surface area (TPSA) is 106 Å². The Hall–Kier alpha value is -1.83. The highest BCUT2D eigenvalue weighted by Gasteiger charge is 2.07. The van der Waals surface area contributed by atoms with Gasteiger partial charge in [-0.15, -0.1) is 0 Å². The van der Waals surface area contributed by atoms with E-state index in [1.54, 1.807) is 20.1 Å². The molecule has 7 heteroatoms. The lowest BCUT2D eigenvalue weighted by molar-refractivity contribution is -0.119. The van der Waals surface area contributed by atoms with Crippen molar-refractivity contribution < 1.29 is 19.4 Å².